The van der Waals surface area contributed by atoms with Gasteiger partial charge in [-0.1, -0.05) is 337 Å². The maximum Gasteiger partial charge on any atom is 0.306 e. The number of ether oxygens (including phenoxy) is 2. The molecule has 0 bridgehead atoms. The van der Waals surface area contributed by atoms with E-state index >= 15 is 0 Å². The van der Waals surface area contributed by atoms with Gasteiger partial charge in [0.1, 0.15) is 19.8 Å². The van der Waals surface area contributed by atoms with Crippen molar-refractivity contribution < 1.29 is 42.1 Å². The maximum absolute atomic E-state index is 12.9. The van der Waals surface area contributed by atoms with E-state index in [0.717, 1.165) is 64.2 Å². The molecule has 2 unspecified atom stereocenters. The number of unbranched alkanes of at least 4 members (excludes halogenated alkanes) is 44. The molecule has 0 radical (unpaired) electrons. The first kappa shape index (κ1) is 85.5. The van der Waals surface area contributed by atoms with Crippen LogP contribution in [-0.2, 0) is 32.7 Å². The second-order valence-corrected chi connectivity index (χ2v) is 28.0. The highest BCUT2D eigenvalue weighted by Gasteiger charge is 2.22. The second kappa shape index (κ2) is 68.8. The molecule has 9 nitrogen and oxygen atoms in total. The number of likely N-dealkylation sites (N-methyl/N-ethyl adjacent to an activating group) is 1. The Morgan fingerprint density at radius 1 is 0.364 bits per heavy atom. The molecular weight excluding hydrogens is 1110 g/mol. The number of allylic oxidation sites excluding steroid dienone is 12. The highest BCUT2D eigenvalue weighted by molar-refractivity contribution is 7.45. The van der Waals surface area contributed by atoms with Crippen LogP contribution in [0.4, 0.5) is 0 Å². The van der Waals surface area contributed by atoms with Gasteiger partial charge < -0.3 is 27.9 Å². The minimum atomic E-state index is -4.64. The third-order valence-corrected chi connectivity index (χ3v) is 17.7. The van der Waals surface area contributed by atoms with Crippen molar-refractivity contribution in [1.29, 1.82) is 0 Å². The van der Waals surface area contributed by atoms with Crippen molar-refractivity contribution in [2.75, 3.05) is 47.5 Å². The molecule has 2 atom stereocenters. The van der Waals surface area contributed by atoms with Crippen molar-refractivity contribution in [2.45, 2.75) is 367 Å². The third-order valence-electron chi connectivity index (χ3n) is 16.7. The number of nitrogens with zero attached hydrogens (tertiary/aromatic N) is 1. The number of esters is 2. The van der Waals surface area contributed by atoms with Crippen LogP contribution in [0.5, 0.6) is 0 Å². The zero-order valence-corrected chi connectivity index (χ0v) is 59.6. The van der Waals surface area contributed by atoms with Gasteiger partial charge >= 0.3 is 11.9 Å². The Bertz CT molecular complexity index is 1710. The SMILES string of the molecule is CC/C=C\C/C=C\C/C=C\C/C=C\CCCCCCCCCCCCCCCCCCCCCCCCCCCCCCC(=O)OC(COC(=O)CCCCCCCCCCCCC/C=C\C/C=C\CCCCCCC)COP(=O)([O-])OCC[N+](C)(C)C. The first-order valence-corrected chi connectivity index (χ1v) is 39.1. The number of rotatable bonds is 70. The lowest BCUT2D eigenvalue weighted by Crippen LogP contribution is -2.37. The van der Waals surface area contributed by atoms with Gasteiger partial charge in [-0.15, -0.1) is 0 Å². The van der Waals surface area contributed by atoms with Crippen LogP contribution in [0.1, 0.15) is 361 Å². The van der Waals surface area contributed by atoms with Crippen LogP contribution in [0.2, 0.25) is 0 Å². The quantitative estimate of drug-likeness (QED) is 0.0195. The van der Waals surface area contributed by atoms with Crippen LogP contribution in [0.25, 0.3) is 0 Å². The standard InChI is InChI=1S/C78H144NO8P/c1-6-8-10-12-14-16-18-20-22-24-26-28-30-31-32-33-34-35-36-37-38-39-40-41-42-43-44-45-46-47-49-51-53-55-57-59-61-63-65-67-69-71-78(81)87-76(75-86-88(82,83)85-73-72-79(3,4)5)74-84-77(80)70-68-66-64-62-60-58-56-54-52-50-48-29-27-25-23-21-19-17-15-13-11-9-7-2/h8,10,14,16,19-22,25-28,76H,6-7,9,11-13,15,17-18,23-24,29-75H2,1-5H3/b10-8-,16-14-,21-19-,22-20-,27-25-,28-26-. The fourth-order valence-corrected chi connectivity index (χ4v) is 11.7. The number of phosphoric ester groups is 1. The molecule has 0 aromatic carbocycles. The van der Waals surface area contributed by atoms with Gasteiger partial charge in [0, 0.05) is 12.8 Å². The molecule has 0 aromatic heterocycles. The predicted molar refractivity (Wildman–Crippen MR) is 379 cm³/mol. The molecule has 514 valence electrons. The van der Waals surface area contributed by atoms with Crippen molar-refractivity contribution >= 4 is 19.8 Å². The Morgan fingerprint density at radius 3 is 0.966 bits per heavy atom. The van der Waals surface area contributed by atoms with E-state index in [1.54, 1.807) is 0 Å². The second-order valence-electron chi connectivity index (χ2n) is 26.6. The van der Waals surface area contributed by atoms with Gasteiger partial charge in [-0.3, -0.25) is 14.2 Å². The van der Waals surface area contributed by atoms with Crippen molar-refractivity contribution in [1.82, 2.24) is 0 Å². The summed E-state index contributed by atoms with van der Waals surface area (Å²) in [5.74, 6) is -0.818. The van der Waals surface area contributed by atoms with E-state index in [9.17, 15) is 19.0 Å². The summed E-state index contributed by atoms with van der Waals surface area (Å²) in [5.41, 5.74) is 0. The summed E-state index contributed by atoms with van der Waals surface area (Å²) in [6.07, 6.45) is 93.0. The Hall–Kier alpha value is -2.55. The average Bonchev–Trinajstić information content (AvgIpc) is 3.58. The number of phosphoric acid groups is 1. The fraction of sp³-hybridized carbons (Fsp3) is 0.821. The number of hydrogen-bond acceptors (Lipinski definition) is 8. The summed E-state index contributed by atoms with van der Waals surface area (Å²) in [7, 11) is 1.18. The molecule has 0 aliphatic carbocycles. The number of hydrogen-bond donors (Lipinski definition) is 0. The van der Waals surface area contributed by atoms with Gasteiger partial charge in [-0.2, -0.15) is 0 Å². The molecule has 0 N–H and O–H groups in total. The van der Waals surface area contributed by atoms with Crippen LogP contribution in [0.3, 0.4) is 0 Å². The molecule has 0 heterocycles. The normalized spacial score (nSPS) is 13.5. The topological polar surface area (TPSA) is 111 Å². The molecule has 0 saturated carbocycles. The Balaban J connectivity index is 3.90. The van der Waals surface area contributed by atoms with Gasteiger partial charge in [0.25, 0.3) is 7.82 Å². The summed E-state index contributed by atoms with van der Waals surface area (Å²) in [5, 5.41) is 0. The van der Waals surface area contributed by atoms with Gasteiger partial charge in [0.2, 0.25) is 0 Å². The van der Waals surface area contributed by atoms with Crippen LogP contribution >= 0.6 is 7.82 Å². The summed E-state index contributed by atoms with van der Waals surface area (Å²) < 4.78 is 34.4. The highest BCUT2D eigenvalue weighted by atomic mass is 31.2. The van der Waals surface area contributed by atoms with Crippen molar-refractivity contribution in [2.24, 2.45) is 0 Å². The predicted octanol–water partition coefficient (Wildman–Crippen LogP) is 24.1. The molecule has 0 fully saturated rings. The Labute approximate surface area is 546 Å². The summed E-state index contributed by atoms with van der Waals surface area (Å²) in [4.78, 5) is 38.1. The molecule has 0 aliphatic rings. The lowest BCUT2D eigenvalue weighted by atomic mass is 10.0. The molecule has 0 saturated heterocycles. The third kappa shape index (κ3) is 72.5. The zero-order chi connectivity index (χ0) is 64.1. The van der Waals surface area contributed by atoms with Crippen molar-refractivity contribution in [3.05, 3.63) is 72.9 Å². The Morgan fingerprint density at radius 2 is 0.648 bits per heavy atom. The molecule has 10 heteroatoms. The molecular formula is C78H144NO8P. The molecule has 0 aliphatic heterocycles. The Kier molecular flexibility index (Phi) is 66.8. The van der Waals surface area contributed by atoms with Gasteiger partial charge in [0.15, 0.2) is 6.10 Å². The van der Waals surface area contributed by atoms with E-state index in [1.165, 1.54) is 263 Å². The molecule has 0 rings (SSSR count). The minimum Gasteiger partial charge on any atom is -0.756 e. The first-order chi connectivity index (χ1) is 43.0. The molecule has 0 amide bonds. The monoisotopic (exact) mass is 1250 g/mol. The van der Waals surface area contributed by atoms with Gasteiger partial charge in [0.05, 0.1) is 27.7 Å². The van der Waals surface area contributed by atoms with E-state index in [-0.39, 0.29) is 32.0 Å². The summed E-state index contributed by atoms with van der Waals surface area (Å²) in [6, 6.07) is 0. The maximum atomic E-state index is 12.9. The lowest BCUT2D eigenvalue weighted by Gasteiger charge is -2.28. The minimum absolute atomic E-state index is 0.0301. The van der Waals surface area contributed by atoms with E-state index in [2.05, 4.69) is 86.8 Å². The van der Waals surface area contributed by atoms with Crippen molar-refractivity contribution in [3.63, 3.8) is 0 Å². The first-order valence-electron chi connectivity index (χ1n) is 37.6. The van der Waals surface area contributed by atoms with E-state index in [1.807, 2.05) is 21.1 Å². The van der Waals surface area contributed by atoms with E-state index in [0.29, 0.717) is 17.4 Å². The van der Waals surface area contributed by atoms with Crippen LogP contribution in [0, 0.1) is 0 Å². The highest BCUT2D eigenvalue weighted by Crippen LogP contribution is 2.38. The van der Waals surface area contributed by atoms with Gasteiger partial charge in [-0.25, -0.2) is 0 Å². The van der Waals surface area contributed by atoms with E-state index in [4.69, 9.17) is 18.5 Å². The lowest BCUT2D eigenvalue weighted by molar-refractivity contribution is -0.870. The fourth-order valence-electron chi connectivity index (χ4n) is 11.0. The smallest absolute Gasteiger partial charge is 0.306 e. The van der Waals surface area contributed by atoms with Crippen LogP contribution in [0.15, 0.2) is 72.9 Å². The van der Waals surface area contributed by atoms with Crippen LogP contribution < -0.4 is 4.89 Å². The number of carbonyl (C=O) groups excluding carboxylic acids is 2. The molecule has 0 spiro atoms. The number of quaternary nitrogens is 1. The number of carbonyl (C=O) groups is 2. The summed E-state index contributed by atoms with van der Waals surface area (Å²) in [6.45, 7) is 4.17. The zero-order valence-electron chi connectivity index (χ0n) is 58.7. The van der Waals surface area contributed by atoms with Gasteiger partial charge in [-0.05, 0) is 83.5 Å². The van der Waals surface area contributed by atoms with Crippen LogP contribution in [-0.4, -0.2) is 70.0 Å². The molecule has 88 heavy (non-hydrogen) atoms. The molecule has 0 aromatic rings. The average molecular weight is 1250 g/mol. The largest absolute Gasteiger partial charge is 0.756 e. The summed E-state index contributed by atoms with van der Waals surface area (Å²) >= 11 is 0. The van der Waals surface area contributed by atoms with E-state index < -0.39 is 26.5 Å². The van der Waals surface area contributed by atoms with Crippen molar-refractivity contribution in [3.8, 4) is 0 Å².